The minimum absolute atomic E-state index is 0.988. The van der Waals surface area contributed by atoms with Crippen molar-refractivity contribution in [2.45, 2.75) is 40.5 Å². The van der Waals surface area contributed by atoms with Gasteiger partial charge < -0.3 is 0 Å². The van der Waals surface area contributed by atoms with Crippen LogP contribution in [0.4, 0.5) is 0 Å². The van der Waals surface area contributed by atoms with Crippen molar-refractivity contribution < 1.29 is 0 Å². The Hall–Kier alpha value is -0.820. The van der Waals surface area contributed by atoms with E-state index in [2.05, 4.69) is 57.4 Å². The van der Waals surface area contributed by atoms with E-state index in [4.69, 9.17) is 0 Å². The molecule has 92 valence electrons. The van der Waals surface area contributed by atoms with Crippen LogP contribution in [0.5, 0.6) is 0 Å². The maximum Gasteiger partial charge on any atom is 0.0227 e. The normalized spacial score (nSPS) is 12.7. The van der Waals surface area contributed by atoms with E-state index in [1.54, 1.807) is 0 Å². The predicted molar refractivity (Wildman–Crippen MR) is 74.7 cm³/mol. The molecule has 0 aliphatic carbocycles. The summed E-state index contributed by atoms with van der Waals surface area (Å²) in [7, 11) is 0. The van der Waals surface area contributed by atoms with Crippen LogP contribution in [0.2, 0.25) is 0 Å². The summed E-state index contributed by atoms with van der Waals surface area (Å²) < 4.78 is 0. The van der Waals surface area contributed by atoms with Gasteiger partial charge in [-0.2, -0.15) is 0 Å². The Morgan fingerprint density at radius 3 is 2.31 bits per heavy atom. The van der Waals surface area contributed by atoms with Crippen LogP contribution < -0.4 is 0 Å². The molecule has 1 heteroatoms. The standard InChI is InChI=1S/C15H27N/c1-6-12-16(9-4)13-14(5)10-11-15(7-2)8-3/h7,10-11H,5-6,8-9,12-13H2,1-4H3/b11-10-,15-7-. The molecule has 0 amide bonds. The summed E-state index contributed by atoms with van der Waals surface area (Å²) in [4.78, 5) is 2.42. The molecule has 0 aromatic carbocycles. The minimum atomic E-state index is 0.988. The number of rotatable bonds is 8. The molecule has 0 unspecified atom stereocenters. The number of allylic oxidation sites excluding steroid dienone is 3. The molecule has 0 heterocycles. The van der Waals surface area contributed by atoms with E-state index in [0.717, 1.165) is 26.1 Å². The fraction of sp³-hybridized carbons (Fsp3) is 0.600. The molecule has 0 N–H and O–H groups in total. The highest BCUT2D eigenvalue weighted by Gasteiger charge is 2.00. The average Bonchev–Trinajstić information content (AvgIpc) is 2.29. The second-order valence-corrected chi connectivity index (χ2v) is 4.08. The molecule has 0 atom stereocenters. The van der Waals surface area contributed by atoms with Crippen LogP contribution in [0.25, 0.3) is 0 Å². The molecular formula is C15H27N. The second kappa shape index (κ2) is 9.41. The zero-order valence-electron chi connectivity index (χ0n) is 11.4. The van der Waals surface area contributed by atoms with Gasteiger partial charge in [0, 0.05) is 6.54 Å². The van der Waals surface area contributed by atoms with E-state index in [9.17, 15) is 0 Å². The molecule has 0 rings (SSSR count). The molecule has 0 saturated heterocycles. The maximum absolute atomic E-state index is 4.11. The average molecular weight is 221 g/mol. The van der Waals surface area contributed by atoms with Crippen LogP contribution in [0.3, 0.4) is 0 Å². The quantitative estimate of drug-likeness (QED) is 0.556. The van der Waals surface area contributed by atoms with Gasteiger partial charge in [0.2, 0.25) is 0 Å². The van der Waals surface area contributed by atoms with E-state index in [1.807, 2.05) is 0 Å². The van der Waals surface area contributed by atoms with Crippen molar-refractivity contribution in [3.05, 3.63) is 36.0 Å². The first kappa shape index (κ1) is 15.2. The van der Waals surface area contributed by atoms with Crippen molar-refractivity contribution in [1.29, 1.82) is 0 Å². The van der Waals surface area contributed by atoms with E-state index < -0.39 is 0 Å². The van der Waals surface area contributed by atoms with Crippen LogP contribution in [-0.2, 0) is 0 Å². The van der Waals surface area contributed by atoms with Crippen molar-refractivity contribution in [3.8, 4) is 0 Å². The van der Waals surface area contributed by atoms with Gasteiger partial charge in [-0.1, -0.05) is 51.2 Å². The first-order valence-electron chi connectivity index (χ1n) is 6.41. The molecule has 0 fully saturated rings. The van der Waals surface area contributed by atoms with Crippen LogP contribution in [0.1, 0.15) is 40.5 Å². The highest BCUT2D eigenvalue weighted by Crippen LogP contribution is 2.06. The number of nitrogens with zero attached hydrogens (tertiary/aromatic N) is 1. The zero-order chi connectivity index (χ0) is 12.4. The smallest absolute Gasteiger partial charge is 0.0227 e. The Morgan fingerprint density at radius 2 is 1.88 bits per heavy atom. The molecule has 0 aromatic heterocycles. The van der Waals surface area contributed by atoms with Crippen molar-refractivity contribution in [1.82, 2.24) is 4.90 Å². The lowest BCUT2D eigenvalue weighted by Crippen LogP contribution is -2.25. The van der Waals surface area contributed by atoms with Gasteiger partial charge in [-0.25, -0.2) is 0 Å². The topological polar surface area (TPSA) is 3.24 Å². The molecule has 0 aliphatic heterocycles. The van der Waals surface area contributed by atoms with Gasteiger partial charge in [-0.3, -0.25) is 4.90 Å². The van der Waals surface area contributed by atoms with E-state index in [1.165, 1.54) is 17.6 Å². The van der Waals surface area contributed by atoms with E-state index in [-0.39, 0.29) is 0 Å². The fourth-order valence-electron chi connectivity index (χ4n) is 1.65. The van der Waals surface area contributed by atoms with Crippen LogP contribution in [-0.4, -0.2) is 24.5 Å². The zero-order valence-corrected chi connectivity index (χ0v) is 11.4. The first-order chi connectivity index (χ1) is 7.67. The Balaban J connectivity index is 4.15. The summed E-state index contributed by atoms with van der Waals surface area (Å²) >= 11 is 0. The van der Waals surface area contributed by atoms with Gasteiger partial charge >= 0.3 is 0 Å². The van der Waals surface area contributed by atoms with Crippen molar-refractivity contribution >= 4 is 0 Å². The van der Waals surface area contributed by atoms with Gasteiger partial charge in [-0.05, 0) is 38.4 Å². The molecule has 0 bridgehead atoms. The first-order valence-corrected chi connectivity index (χ1v) is 6.41. The predicted octanol–water partition coefficient (Wildman–Crippen LogP) is 4.19. The fourth-order valence-corrected chi connectivity index (χ4v) is 1.65. The van der Waals surface area contributed by atoms with Gasteiger partial charge in [0.1, 0.15) is 0 Å². The van der Waals surface area contributed by atoms with Gasteiger partial charge in [0.15, 0.2) is 0 Å². The van der Waals surface area contributed by atoms with Crippen LogP contribution >= 0.6 is 0 Å². The molecule has 16 heavy (non-hydrogen) atoms. The highest BCUT2D eigenvalue weighted by atomic mass is 15.1. The lowest BCUT2D eigenvalue weighted by Gasteiger charge is -2.19. The molecule has 0 aliphatic rings. The largest absolute Gasteiger partial charge is 0.299 e. The third-order valence-corrected chi connectivity index (χ3v) is 2.73. The third kappa shape index (κ3) is 6.62. The summed E-state index contributed by atoms with van der Waals surface area (Å²) in [6.45, 7) is 16.0. The molecule has 0 radical (unpaired) electrons. The molecule has 0 spiro atoms. The summed E-state index contributed by atoms with van der Waals surface area (Å²) in [5.41, 5.74) is 2.57. The lowest BCUT2D eigenvalue weighted by atomic mass is 10.1. The number of likely N-dealkylation sites (N-methyl/N-ethyl adjacent to an activating group) is 1. The Labute approximate surface area is 102 Å². The van der Waals surface area contributed by atoms with Crippen LogP contribution in [0, 0.1) is 0 Å². The lowest BCUT2D eigenvalue weighted by molar-refractivity contribution is 0.315. The summed E-state index contributed by atoms with van der Waals surface area (Å²) in [6, 6.07) is 0. The van der Waals surface area contributed by atoms with Crippen LogP contribution in [0.15, 0.2) is 36.0 Å². The Morgan fingerprint density at radius 1 is 1.19 bits per heavy atom. The van der Waals surface area contributed by atoms with Gasteiger partial charge in [-0.15, -0.1) is 0 Å². The minimum Gasteiger partial charge on any atom is -0.299 e. The molecular weight excluding hydrogens is 194 g/mol. The van der Waals surface area contributed by atoms with E-state index >= 15 is 0 Å². The van der Waals surface area contributed by atoms with Gasteiger partial charge in [0.25, 0.3) is 0 Å². The Kier molecular flexibility index (Phi) is 8.93. The summed E-state index contributed by atoms with van der Waals surface area (Å²) in [6.07, 6.45) is 8.79. The number of hydrogen-bond acceptors (Lipinski definition) is 1. The molecule has 0 aromatic rings. The number of hydrogen-bond donors (Lipinski definition) is 0. The summed E-state index contributed by atoms with van der Waals surface area (Å²) in [5.74, 6) is 0. The molecule has 0 saturated carbocycles. The Bertz CT molecular complexity index is 248. The highest BCUT2D eigenvalue weighted by molar-refractivity contribution is 5.26. The maximum atomic E-state index is 4.11. The monoisotopic (exact) mass is 221 g/mol. The third-order valence-electron chi connectivity index (χ3n) is 2.73. The van der Waals surface area contributed by atoms with Crippen molar-refractivity contribution in [2.24, 2.45) is 0 Å². The second-order valence-electron chi connectivity index (χ2n) is 4.08. The van der Waals surface area contributed by atoms with Gasteiger partial charge in [0.05, 0.1) is 0 Å². The van der Waals surface area contributed by atoms with Crippen molar-refractivity contribution in [2.75, 3.05) is 19.6 Å². The summed E-state index contributed by atoms with van der Waals surface area (Å²) in [5, 5.41) is 0. The SMILES string of the molecule is C=C(/C=C\C(=C/C)CC)CN(CC)CCC. The van der Waals surface area contributed by atoms with E-state index in [0.29, 0.717) is 0 Å². The molecule has 1 nitrogen and oxygen atoms in total. The van der Waals surface area contributed by atoms with Crippen molar-refractivity contribution in [3.63, 3.8) is 0 Å².